The van der Waals surface area contributed by atoms with Crippen molar-refractivity contribution in [1.82, 2.24) is 4.98 Å². The number of ether oxygens (including phenoxy) is 3. The number of aromatic nitrogens is 1. The molecule has 0 spiro atoms. The van der Waals surface area contributed by atoms with Gasteiger partial charge in [-0.05, 0) is 26.2 Å². The number of nitrogens with zero attached hydrogens (tertiary/aromatic N) is 1. The fourth-order valence-electron chi connectivity index (χ4n) is 3.63. The summed E-state index contributed by atoms with van der Waals surface area (Å²) in [6, 6.07) is 1.24. The summed E-state index contributed by atoms with van der Waals surface area (Å²) in [5, 5.41) is -0.153. The van der Waals surface area contributed by atoms with Gasteiger partial charge < -0.3 is 14.2 Å². The van der Waals surface area contributed by atoms with Crippen LogP contribution in [0.5, 0.6) is 5.75 Å². The van der Waals surface area contributed by atoms with Crippen LogP contribution in [-0.2, 0) is 19.1 Å². The molecule has 1 aromatic heterocycles. The Labute approximate surface area is 193 Å². The number of ketones is 2. The van der Waals surface area contributed by atoms with Crippen LogP contribution in [0.4, 0.5) is 4.39 Å². The van der Waals surface area contributed by atoms with Gasteiger partial charge in [0.15, 0.2) is 11.0 Å². The normalized spacial score (nSPS) is 14.3. The van der Waals surface area contributed by atoms with E-state index in [1.807, 2.05) is 0 Å². The monoisotopic (exact) mass is 467 g/mol. The average molecular weight is 468 g/mol. The summed E-state index contributed by atoms with van der Waals surface area (Å²) in [6.07, 6.45) is 10.2. The molecule has 0 N–H and O–H groups in total. The van der Waals surface area contributed by atoms with Crippen LogP contribution in [0.2, 0.25) is 5.15 Å². The topological polar surface area (TPSA) is 74.7 Å². The first-order valence-electron chi connectivity index (χ1n) is 11.0. The van der Waals surface area contributed by atoms with Gasteiger partial charge in [-0.15, -0.1) is 0 Å². The molecule has 1 heterocycles. The first kappa shape index (κ1) is 25.8. The Morgan fingerprint density at radius 2 is 1.47 bits per heavy atom. The number of hydrogen-bond acceptors (Lipinski definition) is 6. The Morgan fingerprint density at radius 1 is 0.906 bits per heavy atom. The lowest BCUT2D eigenvalue weighted by Gasteiger charge is -2.20. The van der Waals surface area contributed by atoms with Crippen molar-refractivity contribution in [1.29, 1.82) is 0 Å². The fourth-order valence-corrected chi connectivity index (χ4v) is 3.73. The van der Waals surface area contributed by atoms with E-state index in [-0.39, 0.29) is 28.2 Å². The Morgan fingerprint density at radius 3 is 2.06 bits per heavy atom. The minimum absolute atomic E-state index is 0.000426. The highest BCUT2D eigenvalue weighted by atomic mass is 35.5. The van der Waals surface area contributed by atoms with Gasteiger partial charge in [0.25, 0.3) is 0 Å². The van der Waals surface area contributed by atoms with E-state index < -0.39 is 5.82 Å². The molecule has 1 aliphatic rings. The second-order valence-corrected chi connectivity index (χ2v) is 8.06. The van der Waals surface area contributed by atoms with Crippen LogP contribution < -0.4 is 4.74 Å². The number of carbonyl (C=O) groups excluding carboxylic acids is 2. The Kier molecular flexibility index (Phi) is 10.7. The lowest BCUT2D eigenvalue weighted by atomic mass is 9.89. The number of unbranched alkanes of at least 4 members (excludes halogenated alkanes) is 7. The zero-order valence-electron chi connectivity index (χ0n) is 19.0. The Hall–Kier alpha value is -2.41. The van der Waals surface area contributed by atoms with Gasteiger partial charge in [-0.1, -0.05) is 50.1 Å². The maximum absolute atomic E-state index is 13.3. The largest absolute Gasteiger partial charge is 0.492 e. The van der Waals surface area contributed by atoms with E-state index in [4.69, 9.17) is 25.8 Å². The van der Waals surface area contributed by atoms with Gasteiger partial charge >= 0.3 is 0 Å². The molecular formula is C24H31ClFNO5. The summed E-state index contributed by atoms with van der Waals surface area (Å²) in [4.78, 5) is 28.7. The van der Waals surface area contributed by atoms with Gasteiger partial charge in [0.05, 0.1) is 27.0 Å². The van der Waals surface area contributed by atoms with Crippen LogP contribution in [0.1, 0.15) is 64.7 Å². The molecule has 0 aromatic carbocycles. The van der Waals surface area contributed by atoms with Crippen molar-refractivity contribution in [2.75, 3.05) is 20.8 Å². The van der Waals surface area contributed by atoms with Gasteiger partial charge in [-0.25, -0.2) is 9.37 Å². The lowest BCUT2D eigenvalue weighted by Crippen LogP contribution is -2.25. The lowest BCUT2D eigenvalue weighted by molar-refractivity contribution is -0.121. The zero-order chi connectivity index (χ0) is 23.5. The molecule has 0 saturated heterocycles. The van der Waals surface area contributed by atoms with E-state index >= 15 is 0 Å². The summed E-state index contributed by atoms with van der Waals surface area (Å²) in [5.41, 5.74) is 0.982. The molecule has 0 atom stereocenters. The molecule has 0 amide bonds. The molecule has 0 aliphatic heterocycles. The molecule has 0 radical (unpaired) electrons. The highest BCUT2D eigenvalue weighted by molar-refractivity contribution is 6.29. The molecule has 0 unspecified atom stereocenters. The van der Waals surface area contributed by atoms with Gasteiger partial charge in [-0.3, -0.25) is 9.59 Å². The number of hydrogen-bond donors (Lipinski definition) is 0. The van der Waals surface area contributed by atoms with E-state index in [1.54, 1.807) is 6.92 Å². The van der Waals surface area contributed by atoms with Crippen LogP contribution >= 0.6 is 11.6 Å². The predicted molar refractivity (Wildman–Crippen MR) is 120 cm³/mol. The van der Waals surface area contributed by atoms with Gasteiger partial charge in [0.2, 0.25) is 23.1 Å². The van der Waals surface area contributed by atoms with E-state index in [9.17, 15) is 14.0 Å². The van der Waals surface area contributed by atoms with Crippen LogP contribution in [0.25, 0.3) is 0 Å². The van der Waals surface area contributed by atoms with Crippen LogP contribution in [0.3, 0.4) is 0 Å². The second kappa shape index (κ2) is 13.2. The number of rotatable bonds is 14. The van der Waals surface area contributed by atoms with Crippen molar-refractivity contribution in [2.45, 2.75) is 64.7 Å². The number of methoxy groups -OCH3 is 2. The molecule has 6 nitrogen and oxygen atoms in total. The standard InChI is InChI=1S/C24H31ClFNO5/c1-16-18(21(29)23(31-3)22(30-2)20(16)28)12-10-8-6-4-5-7-9-11-13-32-17-14-19(26)24(25)27-15-17/h14-15H,4-13H2,1-3H3. The molecule has 176 valence electrons. The third-order valence-corrected chi connectivity index (χ3v) is 5.73. The van der Waals surface area contributed by atoms with Crippen LogP contribution in [0.15, 0.2) is 34.9 Å². The average Bonchev–Trinajstić information content (AvgIpc) is 2.78. The first-order chi connectivity index (χ1) is 15.4. The van der Waals surface area contributed by atoms with Gasteiger partial charge in [-0.2, -0.15) is 0 Å². The number of Topliss-reactive ketones (excluding diaryl/α,β-unsaturated/α-hetero) is 2. The summed E-state index contributed by atoms with van der Waals surface area (Å²) < 4.78 is 28.9. The predicted octanol–water partition coefficient (Wildman–Crippen LogP) is 5.74. The SMILES string of the molecule is COC1=C(OC)C(=O)C(CCCCCCCCCCOc2cnc(Cl)c(F)c2)=C(C)C1=O. The Balaban J connectivity index is 1.56. The molecule has 32 heavy (non-hydrogen) atoms. The van der Waals surface area contributed by atoms with E-state index in [1.165, 1.54) is 26.5 Å². The number of halogens is 2. The van der Waals surface area contributed by atoms with Crippen molar-refractivity contribution < 1.29 is 28.2 Å². The molecule has 1 aliphatic carbocycles. The third-order valence-electron chi connectivity index (χ3n) is 5.46. The number of carbonyl (C=O) groups is 2. The maximum Gasteiger partial charge on any atom is 0.228 e. The van der Waals surface area contributed by atoms with E-state index in [0.29, 0.717) is 29.9 Å². The summed E-state index contributed by atoms with van der Waals surface area (Å²) >= 11 is 5.54. The highest BCUT2D eigenvalue weighted by Crippen LogP contribution is 2.29. The van der Waals surface area contributed by atoms with Crippen molar-refractivity contribution in [3.63, 3.8) is 0 Å². The van der Waals surface area contributed by atoms with Crippen molar-refractivity contribution >= 4 is 23.2 Å². The van der Waals surface area contributed by atoms with Crippen LogP contribution in [-0.4, -0.2) is 37.4 Å². The summed E-state index contributed by atoms with van der Waals surface area (Å²) in [6.45, 7) is 2.19. The summed E-state index contributed by atoms with van der Waals surface area (Å²) in [7, 11) is 2.74. The fraction of sp³-hybridized carbons (Fsp3) is 0.542. The van der Waals surface area contributed by atoms with Crippen molar-refractivity contribution in [3.8, 4) is 5.75 Å². The minimum Gasteiger partial charge on any atom is -0.492 e. The molecule has 0 bridgehead atoms. The second-order valence-electron chi connectivity index (χ2n) is 7.70. The van der Waals surface area contributed by atoms with Crippen LogP contribution in [0, 0.1) is 5.82 Å². The minimum atomic E-state index is -0.578. The molecule has 0 fully saturated rings. The highest BCUT2D eigenvalue weighted by Gasteiger charge is 2.34. The maximum atomic E-state index is 13.3. The third kappa shape index (κ3) is 7.05. The first-order valence-corrected chi connectivity index (χ1v) is 11.3. The summed E-state index contributed by atoms with van der Waals surface area (Å²) in [5.74, 6) is -0.728. The molecule has 8 heteroatoms. The number of allylic oxidation sites excluding steroid dienone is 2. The van der Waals surface area contributed by atoms with E-state index in [0.717, 1.165) is 51.4 Å². The molecular weight excluding hydrogens is 437 g/mol. The molecule has 0 saturated carbocycles. The molecule has 1 aromatic rings. The van der Waals surface area contributed by atoms with Gasteiger partial charge in [0, 0.05) is 17.2 Å². The molecule has 2 rings (SSSR count). The Bertz CT molecular complexity index is 881. The van der Waals surface area contributed by atoms with Crippen molar-refractivity contribution in [3.05, 3.63) is 45.9 Å². The zero-order valence-corrected chi connectivity index (χ0v) is 19.7. The number of pyridine rings is 1. The van der Waals surface area contributed by atoms with E-state index in [2.05, 4.69) is 4.98 Å². The van der Waals surface area contributed by atoms with Crippen molar-refractivity contribution in [2.24, 2.45) is 0 Å². The quantitative estimate of drug-likeness (QED) is 0.197. The van der Waals surface area contributed by atoms with Gasteiger partial charge in [0.1, 0.15) is 5.75 Å². The smallest absolute Gasteiger partial charge is 0.228 e.